The van der Waals surface area contributed by atoms with Gasteiger partial charge < -0.3 is 4.74 Å². The zero-order valence-electron chi connectivity index (χ0n) is 7.53. The lowest BCUT2D eigenvalue weighted by molar-refractivity contribution is 0.197. The van der Waals surface area contributed by atoms with Crippen molar-refractivity contribution in [3.8, 4) is 0 Å². The van der Waals surface area contributed by atoms with Crippen LogP contribution in [-0.4, -0.2) is 20.8 Å². The Bertz CT molecular complexity index is 495. The van der Waals surface area contributed by atoms with E-state index in [1.54, 1.807) is 0 Å². The Morgan fingerprint density at radius 3 is 2.33 bits per heavy atom. The number of hydrogen-bond donors (Lipinski definition) is 0. The molecule has 15 heavy (non-hydrogen) atoms. The van der Waals surface area contributed by atoms with Gasteiger partial charge in [-0.1, -0.05) is 23.2 Å². The van der Waals surface area contributed by atoms with Crippen molar-refractivity contribution >= 4 is 38.3 Å². The summed E-state index contributed by atoms with van der Waals surface area (Å²) >= 11 is 11.2. The van der Waals surface area contributed by atoms with E-state index >= 15 is 0 Å². The van der Waals surface area contributed by atoms with Crippen LogP contribution in [0.5, 0.6) is 0 Å². The summed E-state index contributed by atoms with van der Waals surface area (Å²) in [6, 6.07) is 3.57. The minimum Gasteiger partial charge on any atom is -0.457 e. The van der Waals surface area contributed by atoms with Crippen LogP contribution in [-0.2, 0) is 14.6 Å². The Morgan fingerprint density at radius 1 is 1.27 bits per heavy atom. The molecule has 0 atom stereocenters. The summed E-state index contributed by atoms with van der Waals surface area (Å²) in [5.74, 6) is 0. The van der Waals surface area contributed by atoms with E-state index in [2.05, 4.69) is 4.74 Å². The van der Waals surface area contributed by atoms with Crippen molar-refractivity contribution in [1.29, 1.82) is 0 Å². The number of carbonyl (C=O) groups is 1. The number of methoxy groups -OCH3 is 1. The number of ether oxygens (including phenoxy) is 1. The second kappa shape index (κ2) is 4.38. The highest BCUT2D eigenvalue weighted by atomic mass is 35.5. The fourth-order valence-corrected chi connectivity index (χ4v) is 2.14. The van der Waals surface area contributed by atoms with Gasteiger partial charge >= 0.3 is 5.30 Å². The normalized spacial score (nSPS) is 11.1. The summed E-state index contributed by atoms with van der Waals surface area (Å²) in [7, 11) is -3.15. The van der Waals surface area contributed by atoms with Gasteiger partial charge in [-0.2, -0.15) is 0 Å². The molecule has 0 saturated carbocycles. The molecule has 82 valence electrons. The molecule has 0 unspecified atom stereocenters. The van der Waals surface area contributed by atoms with Gasteiger partial charge in [0.05, 0.1) is 22.1 Å². The van der Waals surface area contributed by atoms with E-state index in [1.807, 2.05) is 0 Å². The van der Waals surface area contributed by atoms with Crippen LogP contribution in [0.15, 0.2) is 23.1 Å². The van der Waals surface area contributed by atoms with Gasteiger partial charge in [0, 0.05) is 0 Å². The van der Waals surface area contributed by atoms with Gasteiger partial charge in [-0.25, -0.2) is 13.2 Å². The molecular formula is C8H6Cl2O4S. The van der Waals surface area contributed by atoms with Crippen molar-refractivity contribution < 1.29 is 17.9 Å². The molecule has 1 aromatic rings. The average molecular weight is 269 g/mol. The monoisotopic (exact) mass is 268 g/mol. The van der Waals surface area contributed by atoms with Crippen molar-refractivity contribution in [2.75, 3.05) is 7.11 Å². The molecule has 7 heteroatoms. The number of sulfone groups is 1. The van der Waals surface area contributed by atoms with E-state index < -0.39 is 15.1 Å². The maximum Gasteiger partial charge on any atom is 0.429 e. The van der Waals surface area contributed by atoms with Crippen molar-refractivity contribution in [2.24, 2.45) is 0 Å². The molecule has 1 rings (SSSR count). The molecule has 0 spiro atoms. The van der Waals surface area contributed by atoms with Crippen LogP contribution in [0, 0.1) is 0 Å². The van der Waals surface area contributed by atoms with Crippen LogP contribution in [0.25, 0.3) is 0 Å². The van der Waals surface area contributed by atoms with E-state index in [0.717, 1.165) is 13.2 Å². The minimum atomic E-state index is -4.13. The highest BCUT2D eigenvalue weighted by molar-refractivity contribution is 8.05. The summed E-state index contributed by atoms with van der Waals surface area (Å²) in [5, 5.41) is -1.07. The smallest absolute Gasteiger partial charge is 0.429 e. The largest absolute Gasteiger partial charge is 0.457 e. The number of hydrogen-bond acceptors (Lipinski definition) is 4. The minimum absolute atomic E-state index is 0.0571. The first-order valence-electron chi connectivity index (χ1n) is 3.67. The molecule has 4 nitrogen and oxygen atoms in total. The molecule has 0 N–H and O–H groups in total. The standard InChI is InChI=1S/C8H6Cl2O4S/c1-14-8(11)15(12,13)5-2-3-6(9)7(10)4-5/h2-4H,1H3. The van der Waals surface area contributed by atoms with Crippen molar-refractivity contribution in [3.05, 3.63) is 28.2 Å². The fourth-order valence-electron chi connectivity index (χ4n) is 0.850. The van der Waals surface area contributed by atoms with Crippen LogP contribution in [0.3, 0.4) is 0 Å². The second-order valence-electron chi connectivity index (χ2n) is 2.53. The van der Waals surface area contributed by atoms with E-state index in [1.165, 1.54) is 12.1 Å². The van der Waals surface area contributed by atoms with Crippen molar-refractivity contribution in [3.63, 3.8) is 0 Å². The average Bonchev–Trinajstić information content (AvgIpc) is 2.20. The summed E-state index contributed by atoms with van der Waals surface area (Å²) in [6.45, 7) is 0. The lowest BCUT2D eigenvalue weighted by atomic mass is 10.4. The van der Waals surface area contributed by atoms with Crippen LogP contribution < -0.4 is 0 Å². The first-order chi connectivity index (χ1) is 6.89. The molecule has 0 fully saturated rings. The zero-order valence-corrected chi connectivity index (χ0v) is 9.86. The lowest BCUT2D eigenvalue weighted by Gasteiger charge is -2.02. The molecule has 0 aliphatic rings. The summed E-state index contributed by atoms with van der Waals surface area (Å²) in [5.41, 5.74) is 0. The zero-order chi connectivity index (χ0) is 11.6. The maximum atomic E-state index is 11.5. The third kappa shape index (κ3) is 2.42. The highest BCUT2D eigenvalue weighted by Gasteiger charge is 2.26. The summed E-state index contributed by atoms with van der Waals surface area (Å²) in [6.07, 6.45) is 0. The SMILES string of the molecule is COC(=O)S(=O)(=O)c1ccc(Cl)c(Cl)c1. The predicted octanol–water partition coefficient (Wildman–Crippen LogP) is 2.53. The molecule has 0 aromatic heterocycles. The quantitative estimate of drug-likeness (QED) is 0.735. The number of rotatable bonds is 1. The number of carbonyl (C=O) groups excluding carboxylic acids is 1. The predicted molar refractivity (Wildman–Crippen MR) is 56.1 cm³/mol. The topological polar surface area (TPSA) is 60.4 Å². The molecule has 0 bridgehead atoms. The molecule has 0 radical (unpaired) electrons. The Labute approximate surface area is 96.7 Å². The van der Waals surface area contributed by atoms with E-state index in [-0.39, 0.29) is 14.9 Å². The third-order valence-corrected chi connectivity index (χ3v) is 3.81. The molecule has 0 amide bonds. The van der Waals surface area contributed by atoms with Gasteiger partial charge in [0.1, 0.15) is 0 Å². The van der Waals surface area contributed by atoms with Gasteiger partial charge in [0.2, 0.25) is 0 Å². The molecular weight excluding hydrogens is 263 g/mol. The third-order valence-electron chi connectivity index (χ3n) is 1.59. The maximum absolute atomic E-state index is 11.5. The van der Waals surface area contributed by atoms with E-state index in [9.17, 15) is 13.2 Å². The van der Waals surface area contributed by atoms with Crippen molar-refractivity contribution in [2.45, 2.75) is 4.90 Å². The van der Waals surface area contributed by atoms with Gasteiger partial charge in [-0.15, -0.1) is 0 Å². The van der Waals surface area contributed by atoms with Gasteiger partial charge in [0.15, 0.2) is 0 Å². The van der Waals surface area contributed by atoms with E-state index in [0.29, 0.717) is 0 Å². The lowest BCUT2D eigenvalue weighted by Crippen LogP contribution is -2.14. The Morgan fingerprint density at radius 2 is 1.87 bits per heavy atom. The first kappa shape index (κ1) is 12.3. The van der Waals surface area contributed by atoms with Crippen LogP contribution >= 0.6 is 23.2 Å². The number of halogens is 2. The molecule has 0 aliphatic heterocycles. The van der Waals surface area contributed by atoms with Crippen LogP contribution in [0.4, 0.5) is 4.79 Å². The summed E-state index contributed by atoms with van der Waals surface area (Å²) in [4.78, 5) is 10.7. The van der Waals surface area contributed by atoms with Gasteiger partial charge in [-0.3, -0.25) is 0 Å². The summed E-state index contributed by atoms with van der Waals surface area (Å²) < 4.78 is 27.0. The van der Waals surface area contributed by atoms with Crippen LogP contribution in [0.2, 0.25) is 10.0 Å². The second-order valence-corrected chi connectivity index (χ2v) is 5.16. The highest BCUT2D eigenvalue weighted by Crippen LogP contribution is 2.25. The first-order valence-corrected chi connectivity index (χ1v) is 5.91. The number of benzene rings is 1. The van der Waals surface area contributed by atoms with E-state index in [4.69, 9.17) is 23.2 Å². The molecule has 0 aliphatic carbocycles. The van der Waals surface area contributed by atoms with Gasteiger partial charge in [0.25, 0.3) is 9.84 Å². The molecule has 0 saturated heterocycles. The Hall–Kier alpha value is -0.780. The fraction of sp³-hybridized carbons (Fsp3) is 0.125. The molecule has 1 aromatic carbocycles. The Balaban J connectivity index is 3.29. The van der Waals surface area contributed by atoms with Gasteiger partial charge in [-0.05, 0) is 18.2 Å². The Kier molecular flexibility index (Phi) is 3.59. The van der Waals surface area contributed by atoms with Crippen LogP contribution in [0.1, 0.15) is 0 Å². The molecule has 0 heterocycles. The van der Waals surface area contributed by atoms with Crippen molar-refractivity contribution in [1.82, 2.24) is 0 Å².